The number of carbonyl (C=O) groups excluding carboxylic acids is 1. The Bertz CT molecular complexity index is 660. The van der Waals surface area contributed by atoms with Gasteiger partial charge in [0.05, 0.1) is 20.3 Å². The summed E-state index contributed by atoms with van der Waals surface area (Å²) >= 11 is 0. The zero-order valence-electron chi connectivity index (χ0n) is 17.9. The molecule has 0 aromatic heterocycles. The molecule has 3 aliphatic rings. The smallest absolute Gasteiger partial charge is 0.409 e. The lowest BCUT2D eigenvalue weighted by molar-refractivity contribution is 0.00182. The molecule has 0 saturated carbocycles. The number of benzene rings is 1. The number of hydrogen-bond donors (Lipinski definition) is 1. The van der Waals surface area contributed by atoms with Gasteiger partial charge in [-0.3, -0.25) is 4.90 Å². The van der Waals surface area contributed by atoms with Gasteiger partial charge >= 0.3 is 6.09 Å². The number of likely N-dealkylation sites (tertiary alicyclic amines) is 2. The van der Waals surface area contributed by atoms with Crippen molar-refractivity contribution in [2.75, 3.05) is 53.6 Å². The van der Waals surface area contributed by atoms with Gasteiger partial charge in [0, 0.05) is 31.7 Å². The van der Waals surface area contributed by atoms with Crippen LogP contribution >= 0.6 is 0 Å². The Morgan fingerprint density at radius 3 is 2.27 bits per heavy atom. The summed E-state index contributed by atoms with van der Waals surface area (Å²) < 4.78 is 34.4. The van der Waals surface area contributed by atoms with Gasteiger partial charge in [0.25, 0.3) is 0 Å². The molecular formula is C22H33F2N3O3. The fraction of sp³-hybridized carbons (Fsp3) is 0.682. The second kappa shape index (κ2) is 10.5. The van der Waals surface area contributed by atoms with E-state index in [9.17, 15) is 13.6 Å². The number of nitrogens with zero attached hydrogens (tertiary/aromatic N) is 2. The lowest BCUT2D eigenvalue weighted by Crippen LogP contribution is -2.49. The van der Waals surface area contributed by atoms with Crippen LogP contribution in [0.4, 0.5) is 13.6 Å². The number of nitrogens with one attached hydrogen (secondary N) is 1. The number of ether oxygens (including phenoxy) is 2. The Hall–Kier alpha value is -1.77. The van der Waals surface area contributed by atoms with Crippen molar-refractivity contribution in [2.24, 2.45) is 5.41 Å². The molecule has 3 saturated heterocycles. The summed E-state index contributed by atoms with van der Waals surface area (Å²) in [5.41, 5.74) is 0.400. The lowest BCUT2D eigenvalue weighted by Gasteiger charge is -2.40. The minimum atomic E-state index is -0.411. The van der Waals surface area contributed by atoms with E-state index in [1.165, 1.54) is 26.5 Å². The van der Waals surface area contributed by atoms with Gasteiger partial charge in [-0.05, 0) is 69.0 Å². The first-order valence-corrected chi connectivity index (χ1v) is 10.7. The van der Waals surface area contributed by atoms with Crippen LogP contribution in [0.25, 0.3) is 0 Å². The van der Waals surface area contributed by atoms with Gasteiger partial charge in [0.1, 0.15) is 11.6 Å². The lowest BCUT2D eigenvalue weighted by atomic mass is 9.78. The van der Waals surface area contributed by atoms with Crippen molar-refractivity contribution in [1.29, 1.82) is 0 Å². The number of rotatable bonds is 2. The predicted molar refractivity (Wildman–Crippen MR) is 110 cm³/mol. The molecule has 168 valence electrons. The fourth-order valence-corrected chi connectivity index (χ4v) is 4.68. The van der Waals surface area contributed by atoms with Crippen LogP contribution in [0, 0.1) is 17.0 Å². The van der Waals surface area contributed by atoms with Gasteiger partial charge < -0.3 is 19.7 Å². The number of methoxy groups -OCH3 is 1. The Morgan fingerprint density at radius 1 is 1.10 bits per heavy atom. The van der Waals surface area contributed by atoms with E-state index in [0.717, 1.165) is 70.0 Å². The second-order valence-corrected chi connectivity index (χ2v) is 8.53. The molecule has 4 rings (SSSR count). The molecule has 1 aromatic carbocycles. The zero-order valence-corrected chi connectivity index (χ0v) is 17.9. The summed E-state index contributed by atoms with van der Waals surface area (Å²) in [6, 6.07) is 5.34. The summed E-state index contributed by atoms with van der Waals surface area (Å²) in [6.45, 7) is 5.69. The van der Waals surface area contributed by atoms with Crippen LogP contribution < -0.4 is 5.32 Å². The summed E-state index contributed by atoms with van der Waals surface area (Å²) in [5.74, 6) is -0.821. The molecule has 0 radical (unpaired) electrons. The van der Waals surface area contributed by atoms with Crippen LogP contribution in [0.2, 0.25) is 0 Å². The van der Waals surface area contributed by atoms with E-state index in [-0.39, 0.29) is 6.09 Å². The summed E-state index contributed by atoms with van der Waals surface area (Å²) in [5, 5.41) is 3.34. The maximum absolute atomic E-state index is 11.9. The first kappa shape index (κ1) is 22.9. The average Bonchev–Trinajstić information content (AvgIpc) is 3.20. The maximum Gasteiger partial charge on any atom is 0.409 e. The Balaban J connectivity index is 0.000000269. The molecule has 8 heteroatoms. The van der Waals surface area contributed by atoms with Crippen LogP contribution in [-0.4, -0.2) is 81.5 Å². The van der Waals surface area contributed by atoms with Gasteiger partial charge in [-0.1, -0.05) is 0 Å². The number of carbonyl (C=O) groups is 1. The largest absolute Gasteiger partial charge is 0.453 e. The van der Waals surface area contributed by atoms with E-state index in [2.05, 4.69) is 10.2 Å². The van der Waals surface area contributed by atoms with Gasteiger partial charge in [-0.15, -0.1) is 0 Å². The summed E-state index contributed by atoms with van der Waals surface area (Å²) in [6.07, 6.45) is 4.45. The zero-order chi connectivity index (χ0) is 21.6. The molecule has 0 aliphatic carbocycles. The third-order valence-corrected chi connectivity index (χ3v) is 6.64. The molecule has 3 fully saturated rings. The van der Waals surface area contributed by atoms with Crippen molar-refractivity contribution in [2.45, 2.75) is 37.8 Å². The van der Waals surface area contributed by atoms with Gasteiger partial charge in [-0.2, -0.15) is 0 Å². The molecule has 1 amide bonds. The van der Waals surface area contributed by atoms with Crippen molar-refractivity contribution < 1.29 is 23.0 Å². The van der Waals surface area contributed by atoms with E-state index >= 15 is 0 Å². The SMILES string of the molecule is CNC1COCC(N2CCC3(CCN(C(=O)OC)CC3)C2)C1.Fc1ccc(F)cc1. The highest BCUT2D eigenvalue weighted by Gasteiger charge is 2.43. The molecule has 2 unspecified atom stereocenters. The Kier molecular flexibility index (Phi) is 8.02. The van der Waals surface area contributed by atoms with Gasteiger partial charge in [0.15, 0.2) is 0 Å². The average molecular weight is 426 g/mol. The molecular weight excluding hydrogens is 392 g/mol. The highest BCUT2D eigenvalue weighted by Crippen LogP contribution is 2.41. The Morgan fingerprint density at radius 2 is 1.70 bits per heavy atom. The van der Waals surface area contributed by atoms with Crippen LogP contribution in [0.3, 0.4) is 0 Å². The van der Waals surface area contributed by atoms with E-state index in [1.807, 2.05) is 11.9 Å². The number of hydrogen-bond acceptors (Lipinski definition) is 5. The summed E-state index contributed by atoms with van der Waals surface area (Å²) in [7, 11) is 3.48. The predicted octanol–water partition coefficient (Wildman–Crippen LogP) is 2.88. The quantitative estimate of drug-likeness (QED) is 0.790. The molecule has 2 atom stereocenters. The third kappa shape index (κ3) is 5.89. The van der Waals surface area contributed by atoms with Crippen molar-refractivity contribution in [3.63, 3.8) is 0 Å². The minimum Gasteiger partial charge on any atom is -0.453 e. The van der Waals surface area contributed by atoms with Gasteiger partial charge in [-0.25, -0.2) is 13.6 Å². The normalized spacial score (nSPS) is 26.2. The standard InChI is InChI=1S/C16H29N3O3.C6H4F2/c1-17-13-9-14(11-22-10-13)19-8-5-16(12-19)3-6-18(7-4-16)15(20)21-2;7-5-1-2-6(8)4-3-5/h13-14,17H,3-12H2,1-2H3;1-4H. The number of amides is 1. The van der Waals surface area contributed by atoms with E-state index in [4.69, 9.17) is 9.47 Å². The fourth-order valence-electron chi connectivity index (χ4n) is 4.68. The highest BCUT2D eigenvalue weighted by molar-refractivity contribution is 5.67. The Labute approximate surface area is 177 Å². The molecule has 0 bridgehead atoms. The van der Waals surface area contributed by atoms with Crippen molar-refractivity contribution in [3.05, 3.63) is 35.9 Å². The maximum atomic E-state index is 11.9. The number of likely N-dealkylation sites (N-methyl/N-ethyl adjacent to an activating group) is 1. The van der Waals surface area contributed by atoms with Crippen LogP contribution in [-0.2, 0) is 9.47 Å². The van der Waals surface area contributed by atoms with Crippen molar-refractivity contribution in [1.82, 2.24) is 15.1 Å². The molecule has 1 N–H and O–H groups in total. The first-order chi connectivity index (χ1) is 14.4. The second-order valence-electron chi connectivity index (χ2n) is 8.53. The van der Waals surface area contributed by atoms with Crippen LogP contribution in [0.1, 0.15) is 25.7 Å². The van der Waals surface area contributed by atoms with Crippen molar-refractivity contribution in [3.8, 4) is 0 Å². The number of piperidine rings is 1. The molecule has 3 heterocycles. The van der Waals surface area contributed by atoms with Gasteiger partial charge in [0.2, 0.25) is 0 Å². The minimum absolute atomic E-state index is 0.178. The van der Waals surface area contributed by atoms with Crippen LogP contribution in [0.15, 0.2) is 24.3 Å². The molecule has 1 aromatic rings. The van der Waals surface area contributed by atoms with E-state index in [1.54, 1.807) is 0 Å². The topological polar surface area (TPSA) is 54.0 Å². The van der Waals surface area contributed by atoms with E-state index in [0.29, 0.717) is 17.5 Å². The molecule has 6 nitrogen and oxygen atoms in total. The molecule has 1 spiro atoms. The third-order valence-electron chi connectivity index (χ3n) is 6.64. The number of halogens is 2. The molecule has 3 aliphatic heterocycles. The summed E-state index contributed by atoms with van der Waals surface area (Å²) in [4.78, 5) is 16.1. The molecule has 30 heavy (non-hydrogen) atoms. The first-order valence-electron chi connectivity index (χ1n) is 10.7. The van der Waals surface area contributed by atoms with Crippen LogP contribution in [0.5, 0.6) is 0 Å². The van der Waals surface area contributed by atoms with Crippen molar-refractivity contribution >= 4 is 6.09 Å². The monoisotopic (exact) mass is 425 g/mol. The van der Waals surface area contributed by atoms with E-state index < -0.39 is 11.6 Å². The highest BCUT2D eigenvalue weighted by atomic mass is 19.1.